The number of hydrogen-bond acceptors (Lipinski definition) is 12. The first kappa shape index (κ1) is 43.6. The highest BCUT2D eigenvalue weighted by molar-refractivity contribution is 6.11. The second-order valence-electron chi connectivity index (χ2n) is 18.7. The number of aliphatic imine (C=N–C) groups is 3. The number of nitrogens with two attached hydrogens (primary N) is 1. The van der Waals surface area contributed by atoms with Crippen LogP contribution in [0, 0.1) is 52.3 Å². The van der Waals surface area contributed by atoms with E-state index in [1.54, 1.807) is 13.0 Å². The second-order valence-corrected chi connectivity index (χ2v) is 18.7. The molecule has 2 amide bonds. The maximum absolute atomic E-state index is 14.3. The monoisotopic (exact) mass is 850 g/mol. The number of amides is 2. The first-order chi connectivity index (χ1) is 28.7. The number of carbonyl (C=O) groups is 8. The number of Topliss-reactive ketones (excluding diaryl/α,β-unsaturated/α-hetero) is 1. The van der Waals surface area contributed by atoms with Gasteiger partial charge in [0.1, 0.15) is 11.4 Å². The van der Waals surface area contributed by atoms with Crippen LogP contribution in [0.2, 0.25) is 0 Å². The van der Waals surface area contributed by atoms with Gasteiger partial charge in [-0.1, -0.05) is 13.8 Å². The van der Waals surface area contributed by atoms with E-state index < -0.39 is 118 Å². The fourth-order valence-electron chi connectivity index (χ4n) is 12.6. The van der Waals surface area contributed by atoms with Crippen LogP contribution in [-0.2, 0) is 38.4 Å². The average molecular weight is 851 g/mol. The molecule has 8 bridgehead atoms. The molecule has 13 atom stereocenters. The van der Waals surface area contributed by atoms with Gasteiger partial charge in [0.05, 0.1) is 36.9 Å². The Hall–Kier alpha value is -5.49. The lowest BCUT2D eigenvalue weighted by Gasteiger charge is -2.42. The summed E-state index contributed by atoms with van der Waals surface area (Å²) in [5.74, 6) is -11.9. The van der Waals surface area contributed by atoms with Gasteiger partial charge in [0.2, 0.25) is 11.8 Å². The number of fused-ring (bicyclic) bond motifs is 5. The molecule has 19 nitrogen and oxygen atoms in total. The second kappa shape index (κ2) is 16.1. The van der Waals surface area contributed by atoms with Crippen molar-refractivity contribution in [2.45, 2.75) is 128 Å². The van der Waals surface area contributed by atoms with Crippen molar-refractivity contribution in [2.75, 3.05) is 0 Å². The standard InChI is InChI=1S/C42H54N6O13/c1-40(16-30(43)50)22(5-9-33(54)55)27-15-42-41(2,17-31(51)48-42)23(6-10-34(56)57)26(47-42)13-24-20(11-35(58)59)19(4-8-32(52)53)39(45-24)37-28(49)7-3-18-21(12-36(60)61)25(46-38(18)37)14-29(40)44-27/h13,18-23,25,27,37,39,47H,3-12,14-17H2,1-2H3,(H2,43,50)(H,48,51)(H,52,53)(H,54,55)(H,56,57)(H,58,59)(H,60,61)/t18-,19-,20-,21-,22+,23+,25-,27+,37?,39?,40-,41-,42+/m0/s1. The van der Waals surface area contributed by atoms with E-state index in [1.807, 2.05) is 6.92 Å². The van der Waals surface area contributed by atoms with Crippen LogP contribution in [0.4, 0.5) is 0 Å². The summed E-state index contributed by atoms with van der Waals surface area (Å²) in [5, 5.41) is 56.8. The predicted octanol–water partition coefficient (Wildman–Crippen LogP) is 2.06. The predicted molar refractivity (Wildman–Crippen MR) is 213 cm³/mol. The summed E-state index contributed by atoms with van der Waals surface area (Å²) in [7, 11) is 0. The zero-order chi connectivity index (χ0) is 44.3. The van der Waals surface area contributed by atoms with Crippen molar-refractivity contribution in [3.63, 3.8) is 0 Å². The minimum absolute atomic E-state index is 0.0346. The summed E-state index contributed by atoms with van der Waals surface area (Å²) in [6.07, 6.45) is 0.191. The molecule has 61 heavy (non-hydrogen) atoms. The maximum atomic E-state index is 14.3. The third-order valence-corrected chi connectivity index (χ3v) is 15.2. The Kier molecular flexibility index (Phi) is 11.5. The number of rotatable bonds is 15. The molecule has 19 heteroatoms. The van der Waals surface area contributed by atoms with Crippen LogP contribution in [0.15, 0.2) is 26.8 Å². The number of hydrogen-bond donors (Lipinski definition) is 8. The van der Waals surface area contributed by atoms with E-state index in [2.05, 4.69) is 10.6 Å². The first-order valence-electron chi connectivity index (χ1n) is 21.1. The van der Waals surface area contributed by atoms with Crippen LogP contribution >= 0.6 is 0 Å². The Balaban J connectivity index is 1.48. The van der Waals surface area contributed by atoms with Gasteiger partial charge in [0.15, 0.2) is 0 Å². The summed E-state index contributed by atoms with van der Waals surface area (Å²) in [6, 6.07) is -2.46. The number of carboxylic acids is 5. The number of carboxylic acid groups (broad SMARTS) is 5. The van der Waals surface area contributed by atoms with Crippen LogP contribution < -0.4 is 16.4 Å². The number of ketones is 1. The Morgan fingerprint density at radius 1 is 0.803 bits per heavy atom. The number of nitrogens with one attached hydrogen (secondary N) is 2. The number of allylic oxidation sites excluding steroid dienone is 2. The van der Waals surface area contributed by atoms with Crippen molar-refractivity contribution in [1.82, 2.24) is 10.6 Å². The summed E-state index contributed by atoms with van der Waals surface area (Å²) in [4.78, 5) is 118. The largest absolute Gasteiger partial charge is 0.481 e. The van der Waals surface area contributed by atoms with Crippen LogP contribution in [0.3, 0.4) is 0 Å². The number of carbonyl (C=O) groups excluding carboxylic acids is 3. The molecule has 7 rings (SSSR count). The molecule has 7 aliphatic rings. The smallest absolute Gasteiger partial charge is 0.304 e. The van der Waals surface area contributed by atoms with Crippen LogP contribution in [0.5, 0.6) is 0 Å². The van der Waals surface area contributed by atoms with Gasteiger partial charge < -0.3 is 41.9 Å². The van der Waals surface area contributed by atoms with E-state index in [1.165, 1.54) is 0 Å². The third kappa shape index (κ3) is 7.83. The van der Waals surface area contributed by atoms with Crippen molar-refractivity contribution in [1.29, 1.82) is 0 Å². The highest BCUT2D eigenvalue weighted by Gasteiger charge is 2.67. The van der Waals surface area contributed by atoms with Gasteiger partial charge in [-0.05, 0) is 43.6 Å². The Labute approximate surface area is 350 Å². The van der Waals surface area contributed by atoms with Gasteiger partial charge in [-0.3, -0.25) is 53.3 Å². The van der Waals surface area contributed by atoms with Crippen LogP contribution in [0.25, 0.3) is 0 Å². The van der Waals surface area contributed by atoms with Gasteiger partial charge >= 0.3 is 29.8 Å². The molecule has 330 valence electrons. The van der Waals surface area contributed by atoms with E-state index >= 15 is 0 Å². The molecule has 1 aliphatic carbocycles. The Morgan fingerprint density at radius 3 is 2.10 bits per heavy atom. The van der Waals surface area contributed by atoms with Gasteiger partial charge in [-0.25, -0.2) is 0 Å². The minimum atomic E-state index is -1.32. The van der Waals surface area contributed by atoms with E-state index in [9.17, 15) is 63.9 Å². The molecule has 2 saturated heterocycles. The highest BCUT2D eigenvalue weighted by atomic mass is 16.4. The molecule has 0 aromatic heterocycles. The van der Waals surface area contributed by atoms with Crippen LogP contribution in [-0.4, -0.2) is 114 Å². The van der Waals surface area contributed by atoms with E-state index in [0.29, 0.717) is 23.5 Å². The quantitative estimate of drug-likeness (QED) is 0.117. The summed E-state index contributed by atoms with van der Waals surface area (Å²) >= 11 is 0. The van der Waals surface area contributed by atoms with Crippen molar-refractivity contribution in [2.24, 2.45) is 73.0 Å². The summed E-state index contributed by atoms with van der Waals surface area (Å²) in [5.41, 5.74) is 4.03. The van der Waals surface area contributed by atoms with Gasteiger partial charge in [0, 0.05) is 109 Å². The van der Waals surface area contributed by atoms with Crippen LogP contribution in [0.1, 0.15) is 104 Å². The molecule has 2 unspecified atom stereocenters. The lowest BCUT2D eigenvalue weighted by Crippen LogP contribution is -2.59. The van der Waals surface area contributed by atoms with E-state index in [4.69, 9.17) is 20.7 Å². The lowest BCUT2D eigenvalue weighted by atomic mass is 9.63. The molecule has 0 aromatic rings. The number of nitrogens with zero attached hydrogens (tertiary/aromatic N) is 3. The Bertz CT molecular complexity index is 2080. The third-order valence-electron chi connectivity index (χ3n) is 15.2. The van der Waals surface area contributed by atoms with Gasteiger partial charge in [-0.15, -0.1) is 0 Å². The van der Waals surface area contributed by atoms with Crippen molar-refractivity contribution in [3.05, 3.63) is 11.8 Å². The SMILES string of the molecule is C[C@@]12CC(=O)N[C@]13C[C@H]1N=C(C[C@@H]4N=C5C(C(=O)CC[C@H]5[C@@H]4CC(=O)O)C4N=C(C=C(N3)[C@H]2CCC(=O)O)[C@@H](CC(=O)O)[C@@H]4CCC(=O)O)[C@@](C)(CC(N)=O)[C@@H]1CCC(=O)O. The van der Waals surface area contributed by atoms with Crippen molar-refractivity contribution >= 4 is 64.6 Å². The molecular formula is C42H54N6O13. The number of primary amides is 1. The lowest BCUT2D eigenvalue weighted by molar-refractivity contribution is -0.139. The molecular weight excluding hydrogens is 796 g/mol. The molecule has 0 radical (unpaired) electrons. The molecule has 0 aromatic carbocycles. The number of aliphatic carboxylic acids is 5. The zero-order valence-corrected chi connectivity index (χ0v) is 34.2. The van der Waals surface area contributed by atoms with Crippen molar-refractivity contribution < 1.29 is 63.9 Å². The maximum Gasteiger partial charge on any atom is 0.304 e. The minimum Gasteiger partial charge on any atom is -0.481 e. The van der Waals surface area contributed by atoms with Gasteiger partial charge in [-0.2, -0.15) is 0 Å². The molecule has 3 fully saturated rings. The zero-order valence-electron chi connectivity index (χ0n) is 34.2. The fourth-order valence-corrected chi connectivity index (χ4v) is 12.6. The molecule has 1 saturated carbocycles. The molecule has 9 N–H and O–H groups in total. The van der Waals surface area contributed by atoms with E-state index in [0.717, 1.165) is 0 Å². The van der Waals surface area contributed by atoms with Gasteiger partial charge in [0.25, 0.3) is 0 Å². The molecule has 6 heterocycles. The first-order valence-corrected chi connectivity index (χ1v) is 21.1. The fraction of sp³-hybridized carbons (Fsp3) is 0.690. The molecule has 6 aliphatic heterocycles. The normalized spacial score (nSPS) is 38.3. The summed E-state index contributed by atoms with van der Waals surface area (Å²) < 4.78 is 0. The topological polar surface area (TPSA) is 325 Å². The highest BCUT2D eigenvalue weighted by Crippen LogP contribution is 2.59. The van der Waals surface area contributed by atoms with Crippen molar-refractivity contribution in [3.8, 4) is 0 Å². The average Bonchev–Trinajstić information content (AvgIpc) is 3.83. The van der Waals surface area contributed by atoms with E-state index in [-0.39, 0.29) is 94.5 Å². The Morgan fingerprint density at radius 2 is 1.46 bits per heavy atom. The summed E-state index contributed by atoms with van der Waals surface area (Å²) in [6.45, 7) is 3.64. The molecule has 1 spiro atoms.